The van der Waals surface area contributed by atoms with E-state index >= 15 is 0 Å². The number of piperidine rings is 1. The van der Waals surface area contributed by atoms with Crippen molar-refractivity contribution in [2.24, 2.45) is 5.92 Å². The molecule has 3 rings (SSSR count). The van der Waals surface area contributed by atoms with Crippen LogP contribution in [-0.4, -0.2) is 62.6 Å². The van der Waals surface area contributed by atoms with Crippen LogP contribution in [0.2, 0.25) is 0 Å². The van der Waals surface area contributed by atoms with Crippen LogP contribution in [-0.2, 0) is 0 Å². The van der Waals surface area contributed by atoms with Gasteiger partial charge < -0.3 is 9.84 Å². The van der Waals surface area contributed by atoms with Gasteiger partial charge in [0.25, 0.3) is 5.88 Å². The number of halogens is 7. The van der Waals surface area contributed by atoms with Gasteiger partial charge in [-0.1, -0.05) is 0 Å². The summed E-state index contributed by atoms with van der Waals surface area (Å²) in [6, 6.07) is -0.422. The normalized spacial score (nSPS) is 29.8. The van der Waals surface area contributed by atoms with Crippen LogP contribution in [0.3, 0.4) is 0 Å². The van der Waals surface area contributed by atoms with Crippen molar-refractivity contribution < 1.29 is 40.6 Å². The Morgan fingerprint density at radius 3 is 2.42 bits per heavy atom. The number of fused-ring (bicyclic) bond motifs is 2. The molecule has 3 heterocycles. The minimum atomic E-state index is -6.41. The predicted molar refractivity (Wildman–Crippen MR) is 74.4 cm³/mol. The molecule has 0 saturated carbocycles. The van der Waals surface area contributed by atoms with Gasteiger partial charge in [0.2, 0.25) is 0 Å². The third-order valence-corrected chi connectivity index (χ3v) is 5.22. The molecule has 2 aliphatic rings. The van der Waals surface area contributed by atoms with Crippen molar-refractivity contribution in [3.63, 3.8) is 0 Å². The maximum atomic E-state index is 13.4. The lowest BCUT2D eigenvalue weighted by molar-refractivity contribution is -0.358. The van der Waals surface area contributed by atoms with E-state index in [1.807, 2.05) is 4.90 Å². The van der Waals surface area contributed by atoms with Gasteiger partial charge in [-0.2, -0.15) is 35.1 Å². The lowest BCUT2D eigenvalue weighted by atomic mass is 9.93. The van der Waals surface area contributed by atoms with E-state index in [0.717, 1.165) is 0 Å². The van der Waals surface area contributed by atoms with E-state index in [9.17, 15) is 35.8 Å². The average Bonchev–Trinajstić information content (AvgIpc) is 3.10. The quantitative estimate of drug-likeness (QED) is 0.758. The first-order valence-corrected chi connectivity index (χ1v) is 8.37. The minimum absolute atomic E-state index is 0.0806. The number of alkyl halides is 7. The molecule has 2 aliphatic heterocycles. The molecule has 26 heavy (non-hydrogen) atoms. The van der Waals surface area contributed by atoms with E-state index in [1.165, 1.54) is 0 Å². The summed E-state index contributed by atoms with van der Waals surface area (Å²) in [4.78, 5) is 1.84. The van der Waals surface area contributed by atoms with Crippen molar-refractivity contribution in [3.8, 4) is 5.88 Å². The highest BCUT2D eigenvalue weighted by atomic mass is 32.1. The fourth-order valence-electron chi connectivity index (χ4n) is 3.24. The maximum absolute atomic E-state index is 13.4. The fraction of sp³-hybridized carbons (Fsp3) is 0.846. The molecule has 4 atom stereocenters. The summed E-state index contributed by atoms with van der Waals surface area (Å²) in [5, 5.41) is 9.86. The standard InChI is InChI=1S/C13H14F7N3O2S/c14-11(15,12(16,17)13(18,19)20)5-25-10-9(21-26-22-10)7-2-1-6-3-23(7)4-8(6)24/h6-8,24H,1-5H2. The van der Waals surface area contributed by atoms with Gasteiger partial charge in [0.05, 0.1) is 23.9 Å². The third-order valence-electron chi connectivity index (χ3n) is 4.69. The van der Waals surface area contributed by atoms with Crippen LogP contribution >= 0.6 is 11.7 Å². The molecule has 0 amide bonds. The van der Waals surface area contributed by atoms with Crippen LogP contribution < -0.4 is 4.74 Å². The van der Waals surface area contributed by atoms with Crippen molar-refractivity contribution in [3.05, 3.63) is 5.69 Å². The molecule has 148 valence electrons. The van der Waals surface area contributed by atoms with Gasteiger partial charge in [0, 0.05) is 13.1 Å². The van der Waals surface area contributed by atoms with E-state index in [4.69, 9.17) is 0 Å². The molecule has 2 bridgehead atoms. The second-order valence-corrected chi connectivity index (χ2v) is 6.92. The summed E-state index contributed by atoms with van der Waals surface area (Å²) in [6.45, 7) is -1.31. The Bertz CT molecular complexity index is 652. The summed E-state index contributed by atoms with van der Waals surface area (Å²) < 4.78 is 101. The second kappa shape index (κ2) is 6.44. The second-order valence-electron chi connectivity index (χ2n) is 6.39. The highest BCUT2D eigenvalue weighted by Crippen LogP contribution is 2.47. The third kappa shape index (κ3) is 3.24. The minimum Gasteiger partial charge on any atom is -0.469 e. The van der Waals surface area contributed by atoms with Crippen molar-refractivity contribution in [1.29, 1.82) is 0 Å². The highest BCUT2D eigenvalue weighted by Gasteiger charge is 2.73. The van der Waals surface area contributed by atoms with E-state index < -0.39 is 42.7 Å². The lowest BCUT2D eigenvalue weighted by Crippen LogP contribution is -2.54. The summed E-state index contributed by atoms with van der Waals surface area (Å²) >= 11 is 0.582. The molecule has 2 fully saturated rings. The Morgan fingerprint density at radius 1 is 1.08 bits per heavy atom. The maximum Gasteiger partial charge on any atom is 0.460 e. The van der Waals surface area contributed by atoms with Crippen LogP contribution in [0.5, 0.6) is 5.88 Å². The molecule has 1 N–H and O–H groups in total. The van der Waals surface area contributed by atoms with E-state index in [2.05, 4.69) is 13.5 Å². The fourth-order valence-corrected chi connectivity index (χ4v) is 3.79. The zero-order chi connectivity index (χ0) is 19.3. The molecule has 0 aliphatic carbocycles. The zero-order valence-electron chi connectivity index (χ0n) is 13.0. The SMILES string of the molecule is OC1CN2CC1CCC2c1nsnc1OCC(F)(F)C(F)(F)C(F)(F)F. The molecule has 0 radical (unpaired) electrons. The largest absolute Gasteiger partial charge is 0.469 e. The van der Waals surface area contributed by atoms with Crippen LogP contribution in [0.4, 0.5) is 30.7 Å². The van der Waals surface area contributed by atoms with Gasteiger partial charge in [-0.25, -0.2) is 0 Å². The first kappa shape index (κ1) is 19.5. The van der Waals surface area contributed by atoms with E-state index in [0.29, 0.717) is 37.7 Å². The Balaban J connectivity index is 1.72. The summed E-state index contributed by atoms with van der Waals surface area (Å²) in [5.41, 5.74) is 0.105. The average molecular weight is 409 g/mol. The first-order valence-electron chi connectivity index (χ1n) is 7.64. The number of ether oxygens (including phenoxy) is 1. The Hall–Kier alpha value is -1.21. The van der Waals surface area contributed by atoms with Crippen LogP contribution in [0.15, 0.2) is 0 Å². The summed E-state index contributed by atoms with van der Waals surface area (Å²) in [6.07, 6.45) is -5.79. The van der Waals surface area contributed by atoms with Crippen LogP contribution in [0, 0.1) is 5.92 Å². The van der Waals surface area contributed by atoms with Gasteiger partial charge in [-0.3, -0.25) is 4.90 Å². The molecule has 4 unspecified atom stereocenters. The van der Waals surface area contributed by atoms with Crippen molar-refractivity contribution in [2.75, 3.05) is 19.7 Å². The number of nitrogens with zero attached hydrogens (tertiary/aromatic N) is 3. The lowest BCUT2D eigenvalue weighted by Gasteiger charge is -2.31. The molecule has 5 nitrogen and oxygen atoms in total. The van der Waals surface area contributed by atoms with Crippen molar-refractivity contribution in [1.82, 2.24) is 13.6 Å². The van der Waals surface area contributed by atoms with E-state index in [-0.39, 0.29) is 11.6 Å². The van der Waals surface area contributed by atoms with Gasteiger partial charge in [0.15, 0.2) is 6.61 Å². The number of aliphatic hydroxyl groups excluding tert-OH is 1. The van der Waals surface area contributed by atoms with Gasteiger partial charge in [0.1, 0.15) is 5.69 Å². The first-order chi connectivity index (χ1) is 11.9. The van der Waals surface area contributed by atoms with Gasteiger partial charge in [-0.15, -0.1) is 4.37 Å². The Labute approximate surface area is 147 Å². The van der Waals surface area contributed by atoms with Gasteiger partial charge >= 0.3 is 18.0 Å². The van der Waals surface area contributed by atoms with Crippen molar-refractivity contribution >= 4 is 11.7 Å². The smallest absolute Gasteiger partial charge is 0.460 e. The van der Waals surface area contributed by atoms with Gasteiger partial charge in [-0.05, 0) is 18.8 Å². The van der Waals surface area contributed by atoms with E-state index in [1.54, 1.807) is 0 Å². The zero-order valence-corrected chi connectivity index (χ0v) is 13.8. The van der Waals surface area contributed by atoms with Crippen LogP contribution in [0.25, 0.3) is 0 Å². The monoisotopic (exact) mass is 409 g/mol. The molecule has 0 spiro atoms. The molecule has 1 aromatic heterocycles. The number of aliphatic hydroxyl groups is 1. The predicted octanol–water partition coefficient (Wildman–Crippen LogP) is 2.88. The topological polar surface area (TPSA) is 58.5 Å². The van der Waals surface area contributed by atoms with Crippen molar-refractivity contribution in [2.45, 2.75) is 43.0 Å². The molecule has 2 saturated heterocycles. The Kier molecular flexibility index (Phi) is 4.84. The number of hydrogen-bond acceptors (Lipinski definition) is 6. The van der Waals surface area contributed by atoms with Crippen LogP contribution in [0.1, 0.15) is 24.6 Å². The molecular formula is C13H14F7N3O2S. The molecular weight excluding hydrogens is 395 g/mol. The molecule has 1 aromatic rings. The Morgan fingerprint density at radius 2 is 1.77 bits per heavy atom. The number of hydrogen-bond donors (Lipinski definition) is 1. The summed E-state index contributed by atoms with van der Waals surface area (Å²) in [7, 11) is 0. The highest BCUT2D eigenvalue weighted by molar-refractivity contribution is 6.99. The number of rotatable bonds is 5. The number of aromatic nitrogens is 2. The molecule has 0 aromatic carbocycles. The molecule has 13 heteroatoms. The summed E-state index contributed by atoms with van der Waals surface area (Å²) in [5.74, 6) is -12.1.